The zero-order chi connectivity index (χ0) is 23.0. The van der Waals surface area contributed by atoms with Crippen LogP contribution < -0.4 is 14.7 Å². The van der Waals surface area contributed by atoms with Gasteiger partial charge in [0.2, 0.25) is 17.8 Å². The van der Waals surface area contributed by atoms with E-state index in [4.69, 9.17) is 0 Å². The number of rotatable bonds is 9. The summed E-state index contributed by atoms with van der Waals surface area (Å²) in [5.41, 5.74) is 2.02. The first-order valence-corrected chi connectivity index (χ1v) is 10.3. The molecule has 0 saturated heterocycles. The molecule has 3 aromatic carbocycles. The minimum atomic E-state index is -0.387. The molecule has 0 radical (unpaired) electrons. The van der Waals surface area contributed by atoms with Gasteiger partial charge in [-0.3, -0.25) is 14.7 Å². The largest absolute Gasteiger partial charge is 0.376 e. The number of aliphatic hydroxyl groups is 3. The second-order valence-corrected chi connectivity index (χ2v) is 6.95. The van der Waals surface area contributed by atoms with Gasteiger partial charge >= 0.3 is 0 Å². The Morgan fingerprint density at radius 2 is 0.667 bits per heavy atom. The van der Waals surface area contributed by atoms with E-state index < -0.39 is 0 Å². The summed E-state index contributed by atoms with van der Waals surface area (Å²) in [6.07, 6.45) is 0. The Bertz CT molecular complexity index is 990. The van der Waals surface area contributed by atoms with Crippen molar-refractivity contribution < 1.29 is 15.3 Å². The van der Waals surface area contributed by atoms with Crippen LogP contribution in [0.4, 0.5) is 34.9 Å². The van der Waals surface area contributed by atoms with Gasteiger partial charge in [-0.25, -0.2) is 0 Å². The van der Waals surface area contributed by atoms with Gasteiger partial charge in [0.25, 0.3) is 0 Å². The van der Waals surface area contributed by atoms with Crippen molar-refractivity contribution in [2.24, 2.45) is 0 Å². The average molecular weight is 444 g/mol. The maximum atomic E-state index is 10.1. The fourth-order valence-electron chi connectivity index (χ4n) is 3.31. The predicted molar refractivity (Wildman–Crippen MR) is 127 cm³/mol. The Morgan fingerprint density at radius 3 is 0.879 bits per heavy atom. The lowest BCUT2D eigenvalue weighted by Crippen LogP contribution is -2.28. The van der Waals surface area contributed by atoms with Crippen molar-refractivity contribution in [1.29, 1.82) is 0 Å². The average Bonchev–Trinajstić information content (AvgIpc) is 2.87. The summed E-state index contributed by atoms with van der Waals surface area (Å²) in [7, 11) is 0. The van der Waals surface area contributed by atoms with Gasteiger partial charge in [0.15, 0.2) is 0 Å². The molecule has 0 fully saturated rings. The molecule has 0 unspecified atom stereocenters. The van der Waals surface area contributed by atoms with Crippen LogP contribution in [0, 0.1) is 0 Å². The first kappa shape index (κ1) is 22.2. The van der Waals surface area contributed by atoms with Crippen LogP contribution in [0.25, 0.3) is 0 Å². The second-order valence-electron chi connectivity index (χ2n) is 6.95. The lowest BCUT2D eigenvalue weighted by atomic mass is 10.3. The molecule has 0 amide bonds. The summed E-state index contributed by atoms with van der Waals surface area (Å²) in [6.45, 7) is -1.16. The molecule has 0 bridgehead atoms. The Hall–Kier alpha value is -4.05. The third kappa shape index (κ3) is 4.90. The van der Waals surface area contributed by atoms with Crippen LogP contribution in [0.15, 0.2) is 91.0 Å². The molecule has 1 heterocycles. The summed E-state index contributed by atoms with van der Waals surface area (Å²) < 4.78 is 0. The zero-order valence-electron chi connectivity index (χ0n) is 17.8. The SMILES string of the molecule is OCN(c1ccccc1)c1nc(N(CO)c2ccccc2)nc(N(CO)c2ccccc2)n1. The van der Waals surface area contributed by atoms with Crippen LogP contribution >= 0.6 is 0 Å². The molecule has 4 rings (SSSR count). The number of hydrogen-bond donors (Lipinski definition) is 3. The lowest BCUT2D eigenvalue weighted by molar-refractivity contribution is 0.298. The van der Waals surface area contributed by atoms with E-state index in [-0.39, 0.29) is 38.0 Å². The summed E-state index contributed by atoms with van der Waals surface area (Å²) >= 11 is 0. The maximum Gasteiger partial charge on any atom is 0.238 e. The molecule has 0 saturated carbocycles. The van der Waals surface area contributed by atoms with Crippen molar-refractivity contribution in [2.45, 2.75) is 0 Å². The Balaban J connectivity index is 1.87. The zero-order valence-corrected chi connectivity index (χ0v) is 17.8. The summed E-state index contributed by atoms with van der Waals surface area (Å²) in [4.78, 5) is 18.1. The van der Waals surface area contributed by atoms with E-state index in [1.165, 1.54) is 14.7 Å². The molecule has 0 aliphatic carbocycles. The lowest BCUT2D eigenvalue weighted by Gasteiger charge is -2.27. The quantitative estimate of drug-likeness (QED) is 0.335. The summed E-state index contributed by atoms with van der Waals surface area (Å²) in [6, 6.07) is 27.6. The number of benzene rings is 3. The van der Waals surface area contributed by atoms with E-state index in [1.807, 2.05) is 91.0 Å². The van der Waals surface area contributed by atoms with Gasteiger partial charge in [-0.2, -0.15) is 15.0 Å². The van der Waals surface area contributed by atoms with Crippen LogP contribution in [0.1, 0.15) is 0 Å². The van der Waals surface area contributed by atoms with Crippen LogP contribution in [0.2, 0.25) is 0 Å². The minimum absolute atomic E-state index is 0.160. The van der Waals surface area contributed by atoms with Crippen LogP contribution in [0.3, 0.4) is 0 Å². The number of para-hydroxylation sites is 3. The molecule has 168 valence electrons. The van der Waals surface area contributed by atoms with E-state index in [9.17, 15) is 15.3 Å². The van der Waals surface area contributed by atoms with Crippen molar-refractivity contribution in [3.8, 4) is 0 Å². The Morgan fingerprint density at radius 1 is 0.424 bits per heavy atom. The van der Waals surface area contributed by atoms with Gasteiger partial charge < -0.3 is 15.3 Å². The van der Waals surface area contributed by atoms with Crippen molar-refractivity contribution >= 4 is 34.9 Å². The van der Waals surface area contributed by atoms with Crippen LogP contribution in [-0.4, -0.2) is 50.5 Å². The van der Waals surface area contributed by atoms with Gasteiger partial charge in [-0.15, -0.1) is 0 Å². The van der Waals surface area contributed by atoms with Crippen molar-refractivity contribution in [2.75, 3.05) is 34.9 Å². The third-order valence-electron chi connectivity index (χ3n) is 4.95. The van der Waals surface area contributed by atoms with E-state index in [0.29, 0.717) is 17.1 Å². The summed E-state index contributed by atoms with van der Waals surface area (Å²) in [5.74, 6) is 0.479. The van der Waals surface area contributed by atoms with E-state index in [2.05, 4.69) is 15.0 Å². The topological polar surface area (TPSA) is 109 Å². The minimum Gasteiger partial charge on any atom is -0.376 e. The molecule has 3 N–H and O–H groups in total. The van der Waals surface area contributed by atoms with E-state index >= 15 is 0 Å². The van der Waals surface area contributed by atoms with Gasteiger partial charge in [0, 0.05) is 17.1 Å². The molecule has 9 nitrogen and oxygen atoms in total. The van der Waals surface area contributed by atoms with Gasteiger partial charge in [0.05, 0.1) is 0 Å². The molecule has 0 atom stereocenters. The molecule has 1 aromatic heterocycles. The fraction of sp³-hybridized carbons (Fsp3) is 0.125. The van der Waals surface area contributed by atoms with Crippen LogP contribution in [0.5, 0.6) is 0 Å². The molecule has 0 aliphatic rings. The van der Waals surface area contributed by atoms with Crippen molar-refractivity contribution in [1.82, 2.24) is 15.0 Å². The number of hydrogen-bond acceptors (Lipinski definition) is 9. The molecule has 9 heteroatoms. The molecular weight excluding hydrogens is 420 g/mol. The van der Waals surface area contributed by atoms with Crippen molar-refractivity contribution in [3.05, 3.63) is 91.0 Å². The number of nitrogens with zero attached hydrogens (tertiary/aromatic N) is 6. The standard InChI is InChI=1S/C24H24N6O3/c31-16-28(19-10-4-1-5-11-19)22-25-23(29(17-32)20-12-6-2-7-13-20)27-24(26-22)30(18-33)21-14-8-3-9-15-21/h1-15,31-33H,16-18H2. The Kier molecular flexibility index (Phi) is 7.06. The first-order valence-electron chi connectivity index (χ1n) is 10.3. The van der Waals surface area contributed by atoms with Crippen molar-refractivity contribution in [3.63, 3.8) is 0 Å². The van der Waals surface area contributed by atoms with E-state index in [1.54, 1.807) is 0 Å². The third-order valence-corrected chi connectivity index (χ3v) is 4.95. The van der Waals surface area contributed by atoms with E-state index in [0.717, 1.165) is 0 Å². The molecule has 0 spiro atoms. The smallest absolute Gasteiger partial charge is 0.238 e. The summed E-state index contributed by atoms with van der Waals surface area (Å²) in [5, 5.41) is 30.4. The highest BCUT2D eigenvalue weighted by Gasteiger charge is 2.22. The fourth-order valence-corrected chi connectivity index (χ4v) is 3.31. The predicted octanol–water partition coefficient (Wildman–Crippen LogP) is 3.14. The molecule has 4 aromatic rings. The highest BCUT2D eigenvalue weighted by Crippen LogP contribution is 2.30. The second kappa shape index (κ2) is 10.5. The molecule has 0 aliphatic heterocycles. The number of aliphatic hydroxyl groups excluding tert-OH is 3. The first-order chi connectivity index (χ1) is 16.2. The maximum absolute atomic E-state index is 10.1. The molecular formula is C24H24N6O3. The van der Waals surface area contributed by atoms with Gasteiger partial charge in [-0.1, -0.05) is 54.6 Å². The monoisotopic (exact) mass is 444 g/mol. The van der Waals surface area contributed by atoms with Gasteiger partial charge in [0.1, 0.15) is 20.2 Å². The highest BCUT2D eigenvalue weighted by atomic mass is 16.3. The van der Waals surface area contributed by atoms with Gasteiger partial charge in [-0.05, 0) is 36.4 Å². The van der Waals surface area contributed by atoms with Crippen LogP contribution in [-0.2, 0) is 0 Å². The number of aromatic nitrogens is 3. The molecule has 33 heavy (non-hydrogen) atoms. The Labute approximate surface area is 191 Å². The highest BCUT2D eigenvalue weighted by molar-refractivity contribution is 5.65. The number of anilines is 6. The normalized spacial score (nSPS) is 10.6.